The number of nitrogens with one attached hydrogen (secondary N) is 2. The molecule has 0 bridgehead atoms. The first-order chi connectivity index (χ1) is 16.2. The average molecular weight is 525 g/mol. The Labute approximate surface area is 201 Å². The molecular formula is C23H17BrN4O6. The Morgan fingerprint density at radius 1 is 1.00 bits per heavy atom. The number of hydrogen-bond donors (Lipinski definition) is 2. The van der Waals surface area contributed by atoms with E-state index in [1.165, 1.54) is 55.6 Å². The van der Waals surface area contributed by atoms with Crippen LogP contribution in [0.15, 0.2) is 76.3 Å². The first kappa shape index (κ1) is 24.3. The molecule has 0 atom stereocenters. The van der Waals surface area contributed by atoms with Crippen LogP contribution in [0.3, 0.4) is 0 Å². The largest absolute Gasteiger partial charge is 0.422 e. The number of non-ortho nitro benzene ring substituents is 1. The minimum Gasteiger partial charge on any atom is -0.422 e. The maximum atomic E-state index is 12.4. The molecule has 11 heteroatoms. The van der Waals surface area contributed by atoms with Gasteiger partial charge >= 0.3 is 5.97 Å². The standard InChI is InChI=1S/C23H17BrN4O6/c1-14(29)26-19-7-2-15(3-8-19)22(30)27-25-13-17-12-18(24)6-11-21(17)34-23(31)16-4-9-20(10-5-16)28(32)33/h2-13H,1H3,(H,26,29)(H,27,30)/b25-13-. The van der Waals surface area contributed by atoms with Gasteiger partial charge in [0, 0.05) is 40.3 Å². The highest BCUT2D eigenvalue weighted by molar-refractivity contribution is 9.10. The van der Waals surface area contributed by atoms with Crippen molar-refractivity contribution in [3.05, 3.63) is 98.0 Å². The van der Waals surface area contributed by atoms with E-state index in [1.54, 1.807) is 24.3 Å². The van der Waals surface area contributed by atoms with Gasteiger partial charge in [-0.3, -0.25) is 19.7 Å². The lowest BCUT2D eigenvalue weighted by molar-refractivity contribution is -0.384. The van der Waals surface area contributed by atoms with Gasteiger partial charge in [-0.05, 0) is 54.6 Å². The molecule has 0 aromatic heterocycles. The van der Waals surface area contributed by atoms with Crippen LogP contribution in [0.2, 0.25) is 0 Å². The molecule has 3 rings (SSSR count). The lowest BCUT2D eigenvalue weighted by Crippen LogP contribution is -2.18. The lowest BCUT2D eigenvalue weighted by atomic mass is 10.2. The van der Waals surface area contributed by atoms with Gasteiger partial charge in [0.05, 0.1) is 16.7 Å². The van der Waals surface area contributed by atoms with Crippen LogP contribution in [0.4, 0.5) is 11.4 Å². The lowest BCUT2D eigenvalue weighted by Gasteiger charge is -2.08. The number of hydrogen-bond acceptors (Lipinski definition) is 7. The first-order valence-corrected chi connectivity index (χ1v) is 10.5. The van der Waals surface area contributed by atoms with Crippen molar-refractivity contribution in [1.29, 1.82) is 0 Å². The molecule has 3 aromatic carbocycles. The molecule has 0 unspecified atom stereocenters. The molecule has 0 saturated carbocycles. The predicted octanol–water partition coefficient (Wildman–Crippen LogP) is 4.30. The number of ether oxygens (including phenoxy) is 1. The third-order valence-electron chi connectivity index (χ3n) is 4.33. The van der Waals surface area contributed by atoms with Crippen molar-refractivity contribution < 1.29 is 24.0 Å². The van der Waals surface area contributed by atoms with E-state index in [0.29, 0.717) is 21.3 Å². The Hall–Kier alpha value is -4.38. The van der Waals surface area contributed by atoms with Gasteiger partial charge < -0.3 is 10.1 Å². The van der Waals surface area contributed by atoms with Crippen molar-refractivity contribution in [2.75, 3.05) is 5.32 Å². The van der Waals surface area contributed by atoms with Crippen molar-refractivity contribution in [1.82, 2.24) is 5.43 Å². The van der Waals surface area contributed by atoms with Crippen molar-refractivity contribution in [2.45, 2.75) is 6.92 Å². The normalized spacial score (nSPS) is 10.5. The first-order valence-electron chi connectivity index (χ1n) is 9.70. The number of hydrazone groups is 1. The molecule has 2 N–H and O–H groups in total. The van der Waals surface area contributed by atoms with Crippen molar-refractivity contribution in [3.8, 4) is 5.75 Å². The second kappa shape index (κ2) is 11.0. The summed E-state index contributed by atoms with van der Waals surface area (Å²) < 4.78 is 6.09. The van der Waals surface area contributed by atoms with Gasteiger partial charge in [0.25, 0.3) is 11.6 Å². The summed E-state index contributed by atoms with van der Waals surface area (Å²) in [6.07, 6.45) is 1.31. The maximum absolute atomic E-state index is 12.4. The quantitative estimate of drug-likeness (QED) is 0.155. The molecule has 34 heavy (non-hydrogen) atoms. The fraction of sp³-hybridized carbons (Fsp3) is 0.0435. The van der Waals surface area contributed by atoms with Crippen molar-refractivity contribution in [2.24, 2.45) is 5.10 Å². The summed E-state index contributed by atoms with van der Waals surface area (Å²) in [6, 6.07) is 16.1. The third-order valence-corrected chi connectivity index (χ3v) is 4.82. The Morgan fingerprint density at radius 3 is 2.26 bits per heavy atom. The van der Waals surface area contributed by atoms with Crippen molar-refractivity contribution in [3.63, 3.8) is 0 Å². The molecule has 0 spiro atoms. The summed E-state index contributed by atoms with van der Waals surface area (Å²) in [5, 5.41) is 17.3. The molecular weight excluding hydrogens is 508 g/mol. The van der Waals surface area contributed by atoms with Gasteiger partial charge in [-0.2, -0.15) is 5.10 Å². The maximum Gasteiger partial charge on any atom is 0.343 e. The van der Waals surface area contributed by atoms with Gasteiger partial charge in [0.1, 0.15) is 5.75 Å². The van der Waals surface area contributed by atoms with Crippen LogP contribution in [0.1, 0.15) is 33.2 Å². The fourth-order valence-electron chi connectivity index (χ4n) is 2.72. The third kappa shape index (κ3) is 6.56. The van der Waals surface area contributed by atoms with Crippen LogP contribution in [-0.2, 0) is 4.79 Å². The monoisotopic (exact) mass is 524 g/mol. The van der Waals surface area contributed by atoms with Gasteiger partial charge in [0.2, 0.25) is 5.91 Å². The number of amides is 2. The molecule has 3 aromatic rings. The van der Waals surface area contributed by atoms with Crippen LogP contribution in [0.25, 0.3) is 0 Å². The summed E-state index contributed by atoms with van der Waals surface area (Å²) >= 11 is 3.33. The smallest absolute Gasteiger partial charge is 0.343 e. The van der Waals surface area contributed by atoms with E-state index in [0.717, 1.165) is 0 Å². The number of nitro benzene ring substituents is 1. The minimum atomic E-state index is -0.713. The molecule has 172 valence electrons. The molecule has 0 aliphatic carbocycles. The number of carbonyl (C=O) groups is 3. The zero-order valence-electron chi connectivity index (χ0n) is 17.7. The molecule has 0 aliphatic heterocycles. The summed E-state index contributed by atoms with van der Waals surface area (Å²) in [4.78, 5) is 46.0. The number of carbonyl (C=O) groups excluding carboxylic acids is 3. The molecule has 0 aliphatic rings. The van der Waals surface area contributed by atoms with Crippen molar-refractivity contribution >= 4 is 51.3 Å². The molecule has 0 radical (unpaired) electrons. The Bertz CT molecular complexity index is 1270. The van der Waals surface area contributed by atoms with Crippen LogP contribution in [-0.4, -0.2) is 28.9 Å². The van der Waals surface area contributed by atoms with Crippen LogP contribution in [0, 0.1) is 10.1 Å². The number of halogens is 1. The predicted molar refractivity (Wildman–Crippen MR) is 128 cm³/mol. The average Bonchev–Trinajstić information content (AvgIpc) is 2.80. The van der Waals surface area contributed by atoms with Gasteiger partial charge in [-0.1, -0.05) is 15.9 Å². The van der Waals surface area contributed by atoms with E-state index in [2.05, 4.69) is 31.8 Å². The SMILES string of the molecule is CC(=O)Nc1ccc(C(=O)N/N=C\c2cc(Br)ccc2OC(=O)c2ccc([N+](=O)[O-])cc2)cc1. The Morgan fingerprint density at radius 2 is 1.65 bits per heavy atom. The number of rotatable bonds is 7. The highest BCUT2D eigenvalue weighted by atomic mass is 79.9. The summed E-state index contributed by atoms with van der Waals surface area (Å²) in [7, 11) is 0. The summed E-state index contributed by atoms with van der Waals surface area (Å²) in [5.41, 5.74) is 3.64. The topological polar surface area (TPSA) is 140 Å². The van der Waals surface area contributed by atoms with E-state index in [-0.39, 0.29) is 22.9 Å². The van der Waals surface area contributed by atoms with E-state index in [1.807, 2.05) is 0 Å². The van der Waals surface area contributed by atoms with Crippen LogP contribution < -0.4 is 15.5 Å². The van der Waals surface area contributed by atoms with Gasteiger partial charge in [-0.15, -0.1) is 0 Å². The van der Waals surface area contributed by atoms with Gasteiger partial charge in [0.15, 0.2) is 0 Å². The second-order valence-electron chi connectivity index (χ2n) is 6.83. The summed E-state index contributed by atoms with van der Waals surface area (Å²) in [6.45, 7) is 1.38. The molecule has 0 heterocycles. The Kier molecular flexibility index (Phi) is 7.83. The van der Waals surface area contributed by atoms with E-state index in [4.69, 9.17) is 4.74 Å². The number of nitrogens with zero attached hydrogens (tertiary/aromatic N) is 2. The summed E-state index contributed by atoms with van der Waals surface area (Å²) in [5.74, 6) is -1.25. The molecule has 0 saturated heterocycles. The zero-order valence-corrected chi connectivity index (χ0v) is 19.2. The molecule has 10 nitrogen and oxygen atoms in total. The highest BCUT2D eigenvalue weighted by Gasteiger charge is 2.14. The number of esters is 1. The second-order valence-corrected chi connectivity index (χ2v) is 7.75. The number of benzene rings is 3. The van der Waals surface area contributed by atoms with E-state index >= 15 is 0 Å². The van der Waals surface area contributed by atoms with Gasteiger partial charge in [-0.25, -0.2) is 10.2 Å². The Balaban J connectivity index is 1.69. The highest BCUT2D eigenvalue weighted by Crippen LogP contribution is 2.23. The van der Waals surface area contributed by atoms with Crippen LogP contribution >= 0.6 is 15.9 Å². The van der Waals surface area contributed by atoms with Crippen LogP contribution in [0.5, 0.6) is 5.75 Å². The van der Waals surface area contributed by atoms with E-state index in [9.17, 15) is 24.5 Å². The minimum absolute atomic E-state index is 0.132. The number of anilines is 1. The fourth-order valence-corrected chi connectivity index (χ4v) is 3.10. The van der Waals surface area contributed by atoms with E-state index < -0.39 is 16.8 Å². The number of nitro groups is 1. The molecule has 2 amide bonds. The molecule has 0 fully saturated rings. The zero-order chi connectivity index (χ0) is 24.7.